The molecule has 1 amide bonds. The van der Waals surface area contributed by atoms with E-state index in [1.54, 1.807) is 19.2 Å². The molecule has 3 atom stereocenters. The topological polar surface area (TPSA) is 71.0 Å². The maximum atomic E-state index is 11.4. The Morgan fingerprint density at radius 1 is 0.850 bits per heavy atom. The molecular formula is C34H38N2O4. The Hall–Kier alpha value is -4.13. The van der Waals surface area contributed by atoms with Crippen molar-refractivity contribution >= 4 is 12.1 Å². The summed E-state index contributed by atoms with van der Waals surface area (Å²) in [5.74, 6) is 1.38. The van der Waals surface area contributed by atoms with E-state index in [-0.39, 0.29) is 12.1 Å². The van der Waals surface area contributed by atoms with Gasteiger partial charge in [0.05, 0.1) is 18.9 Å². The Bertz CT molecular complexity index is 1330. The number of nitrogens with one attached hydrogen (secondary N) is 1. The lowest BCUT2D eigenvalue weighted by molar-refractivity contribution is -0.105. The molecule has 40 heavy (non-hydrogen) atoms. The minimum Gasteiger partial charge on any atom is -0.497 e. The van der Waals surface area contributed by atoms with E-state index < -0.39 is 6.10 Å². The second kappa shape index (κ2) is 14.3. The van der Waals surface area contributed by atoms with E-state index in [9.17, 15) is 9.90 Å². The largest absolute Gasteiger partial charge is 0.497 e. The van der Waals surface area contributed by atoms with Crippen molar-refractivity contribution in [2.75, 3.05) is 19.0 Å². The highest BCUT2D eigenvalue weighted by atomic mass is 16.5. The van der Waals surface area contributed by atoms with E-state index in [0.717, 1.165) is 17.7 Å². The third kappa shape index (κ3) is 7.72. The van der Waals surface area contributed by atoms with Crippen LogP contribution in [0.25, 0.3) is 0 Å². The fourth-order valence-electron chi connectivity index (χ4n) is 4.96. The van der Waals surface area contributed by atoms with Gasteiger partial charge in [-0.05, 0) is 66.8 Å². The van der Waals surface area contributed by atoms with Crippen LogP contribution in [0.1, 0.15) is 48.2 Å². The molecule has 4 aromatic rings. The fraction of sp³-hybridized carbons (Fsp3) is 0.265. The Labute approximate surface area is 237 Å². The van der Waals surface area contributed by atoms with Gasteiger partial charge in [0, 0.05) is 18.6 Å². The Kier molecular flexibility index (Phi) is 10.3. The zero-order valence-electron chi connectivity index (χ0n) is 23.4. The number of nitrogens with zero attached hydrogens (tertiary/aromatic N) is 1. The molecule has 2 N–H and O–H groups in total. The van der Waals surface area contributed by atoms with Crippen LogP contribution in [0.5, 0.6) is 11.5 Å². The van der Waals surface area contributed by atoms with Crippen molar-refractivity contribution in [3.63, 3.8) is 0 Å². The number of hydrogen-bond donors (Lipinski definition) is 2. The molecule has 4 aromatic carbocycles. The van der Waals surface area contributed by atoms with Crippen LogP contribution in [-0.2, 0) is 17.8 Å². The van der Waals surface area contributed by atoms with Crippen molar-refractivity contribution in [2.24, 2.45) is 0 Å². The molecule has 0 aliphatic carbocycles. The lowest BCUT2D eigenvalue weighted by Crippen LogP contribution is -2.39. The molecular weight excluding hydrogens is 500 g/mol. The van der Waals surface area contributed by atoms with Crippen LogP contribution in [0.15, 0.2) is 103 Å². The summed E-state index contributed by atoms with van der Waals surface area (Å²) >= 11 is 0. The molecule has 0 spiro atoms. The summed E-state index contributed by atoms with van der Waals surface area (Å²) in [6.07, 6.45) is 0.666. The average molecular weight is 539 g/mol. The number of hydrogen-bond acceptors (Lipinski definition) is 5. The highest BCUT2D eigenvalue weighted by molar-refractivity contribution is 5.76. The lowest BCUT2D eigenvalue weighted by Gasteiger charge is -2.36. The molecule has 0 saturated carbocycles. The van der Waals surface area contributed by atoms with Crippen LogP contribution >= 0.6 is 0 Å². The zero-order chi connectivity index (χ0) is 28.3. The minimum absolute atomic E-state index is 0.0742. The molecule has 0 bridgehead atoms. The van der Waals surface area contributed by atoms with Gasteiger partial charge in [0.2, 0.25) is 6.41 Å². The van der Waals surface area contributed by atoms with Crippen LogP contribution in [-0.4, -0.2) is 36.1 Å². The van der Waals surface area contributed by atoms with Crippen LogP contribution in [0.3, 0.4) is 0 Å². The normalized spacial score (nSPS) is 13.3. The quantitative estimate of drug-likeness (QED) is 0.178. The van der Waals surface area contributed by atoms with Crippen molar-refractivity contribution in [1.29, 1.82) is 0 Å². The van der Waals surface area contributed by atoms with Gasteiger partial charge in [-0.1, -0.05) is 78.9 Å². The van der Waals surface area contributed by atoms with E-state index in [1.165, 1.54) is 11.1 Å². The fourth-order valence-corrected chi connectivity index (χ4v) is 4.96. The second-order valence-corrected chi connectivity index (χ2v) is 9.99. The van der Waals surface area contributed by atoms with Crippen molar-refractivity contribution in [3.05, 3.63) is 125 Å². The molecule has 208 valence electrons. The van der Waals surface area contributed by atoms with E-state index in [0.29, 0.717) is 36.6 Å². The SMILES string of the molecule is COc1ccc(C[C@@H](C)N(C[C@H](O)c2ccc(OCc3ccccc3)c(NC=O)c2)[C@H](C)c2ccccc2)cc1. The van der Waals surface area contributed by atoms with Crippen LogP contribution in [0, 0.1) is 0 Å². The molecule has 0 saturated heterocycles. The summed E-state index contributed by atoms with van der Waals surface area (Å²) in [6, 6.07) is 34.0. The minimum atomic E-state index is -0.778. The third-order valence-electron chi connectivity index (χ3n) is 7.26. The van der Waals surface area contributed by atoms with Gasteiger partial charge in [-0.15, -0.1) is 0 Å². The molecule has 0 aliphatic heterocycles. The molecule has 4 rings (SSSR count). The Morgan fingerprint density at radius 2 is 1.52 bits per heavy atom. The van der Waals surface area contributed by atoms with Crippen molar-refractivity contribution < 1.29 is 19.4 Å². The van der Waals surface area contributed by atoms with Crippen LogP contribution in [0.2, 0.25) is 0 Å². The van der Waals surface area contributed by atoms with Gasteiger partial charge < -0.3 is 19.9 Å². The third-order valence-corrected chi connectivity index (χ3v) is 7.26. The molecule has 0 fully saturated rings. The number of anilines is 1. The maximum Gasteiger partial charge on any atom is 0.211 e. The first kappa shape index (κ1) is 28.9. The lowest BCUT2D eigenvalue weighted by atomic mass is 9.99. The predicted molar refractivity (Wildman–Crippen MR) is 160 cm³/mol. The summed E-state index contributed by atoms with van der Waals surface area (Å²) < 4.78 is 11.3. The number of aliphatic hydroxyl groups is 1. The van der Waals surface area contributed by atoms with Crippen LogP contribution in [0.4, 0.5) is 5.69 Å². The molecule has 6 nitrogen and oxygen atoms in total. The van der Waals surface area contributed by atoms with E-state index in [2.05, 4.69) is 48.3 Å². The monoisotopic (exact) mass is 538 g/mol. The molecule has 0 heterocycles. The van der Waals surface area contributed by atoms with Crippen molar-refractivity contribution in [1.82, 2.24) is 4.90 Å². The van der Waals surface area contributed by atoms with Crippen molar-refractivity contribution in [2.45, 2.75) is 45.1 Å². The van der Waals surface area contributed by atoms with Gasteiger partial charge in [0.15, 0.2) is 0 Å². The summed E-state index contributed by atoms with van der Waals surface area (Å²) in [5, 5.41) is 14.2. The molecule has 0 radical (unpaired) electrons. The van der Waals surface area contributed by atoms with Gasteiger partial charge in [-0.2, -0.15) is 0 Å². The number of methoxy groups -OCH3 is 1. The number of carbonyl (C=O) groups is 1. The first-order chi connectivity index (χ1) is 19.5. The van der Waals surface area contributed by atoms with E-state index >= 15 is 0 Å². The number of aliphatic hydroxyl groups excluding tert-OH is 1. The van der Waals surface area contributed by atoms with E-state index in [1.807, 2.05) is 66.7 Å². The Morgan fingerprint density at radius 3 is 2.17 bits per heavy atom. The maximum absolute atomic E-state index is 11.4. The number of benzene rings is 4. The highest BCUT2D eigenvalue weighted by Gasteiger charge is 2.25. The first-order valence-corrected chi connectivity index (χ1v) is 13.6. The summed E-state index contributed by atoms with van der Waals surface area (Å²) in [4.78, 5) is 13.7. The first-order valence-electron chi connectivity index (χ1n) is 13.6. The van der Waals surface area contributed by atoms with Crippen LogP contribution < -0.4 is 14.8 Å². The summed E-state index contributed by atoms with van der Waals surface area (Å²) in [6.45, 7) is 5.16. The van der Waals surface area contributed by atoms with Gasteiger partial charge in [0.25, 0.3) is 0 Å². The Balaban J connectivity index is 1.54. The van der Waals surface area contributed by atoms with E-state index in [4.69, 9.17) is 9.47 Å². The van der Waals surface area contributed by atoms with Gasteiger partial charge >= 0.3 is 0 Å². The predicted octanol–water partition coefficient (Wildman–Crippen LogP) is 6.57. The van der Waals surface area contributed by atoms with Gasteiger partial charge in [-0.3, -0.25) is 9.69 Å². The number of ether oxygens (including phenoxy) is 2. The number of carbonyl (C=O) groups excluding carboxylic acids is 1. The van der Waals surface area contributed by atoms with Crippen molar-refractivity contribution in [3.8, 4) is 11.5 Å². The molecule has 0 aliphatic rings. The summed E-state index contributed by atoms with van der Waals surface area (Å²) in [5.41, 5.74) is 4.64. The zero-order valence-corrected chi connectivity index (χ0v) is 23.4. The number of amides is 1. The molecule has 6 heteroatoms. The highest BCUT2D eigenvalue weighted by Crippen LogP contribution is 2.32. The molecule has 0 aromatic heterocycles. The number of rotatable bonds is 14. The molecule has 0 unspecified atom stereocenters. The van der Waals surface area contributed by atoms with Gasteiger partial charge in [0.1, 0.15) is 18.1 Å². The smallest absolute Gasteiger partial charge is 0.211 e. The standard InChI is InChI=1S/C34H38N2O4/c1-25(20-27-14-17-31(39-3)18-15-27)36(26(2)29-12-8-5-9-13-29)22-33(38)30-16-19-34(32(21-30)35-24-37)40-23-28-10-6-4-7-11-28/h4-19,21,24-26,33,38H,20,22-23H2,1-3H3,(H,35,37)/t25-,26-,33+/m1/s1. The summed E-state index contributed by atoms with van der Waals surface area (Å²) in [7, 11) is 1.67. The average Bonchev–Trinajstić information content (AvgIpc) is 3.00. The van der Waals surface area contributed by atoms with Gasteiger partial charge in [-0.25, -0.2) is 0 Å². The second-order valence-electron chi connectivity index (χ2n) is 9.99.